The third kappa shape index (κ3) is 8.52. The van der Waals surface area contributed by atoms with Crippen molar-refractivity contribution in [1.29, 1.82) is 0 Å². The second-order valence-corrected chi connectivity index (χ2v) is 18.0. The molecule has 1 unspecified atom stereocenters. The SMILES string of the molecule is CC(=O)Oc1cc(OC(C)=O)cc([C@@H]2O[C@]3(CC[C@H]2C)O[C@@H](C[C@@H]2C(C)=C[C@@H]4CC[C@@H](OC(C)=O)[C@H](C)[C@@H]4[C@H]2/C([O-])=C2\NC(=O)C([n+]4ccccc4)C2=O)[C@H](C)C[C@H]3C)c1. The van der Waals surface area contributed by atoms with E-state index in [2.05, 4.69) is 32.2 Å². The van der Waals surface area contributed by atoms with Gasteiger partial charge < -0.3 is 34.1 Å². The Morgan fingerprint density at radius 3 is 2.18 bits per heavy atom. The lowest BCUT2D eigenvalue weighted by molar-refractivity contribution is -0.695. The van der Waals surface area contributed by atoms with Crippen LogP contribution in [0.15, 0.2) is 71.9 Å². The lowest BCUT2D eigenvalue weighted by Crippen LogP contribution is -2.56. The number of benzene rings is 1. The summed E-state index contributed by atoms with van der Waals surface area (Å²) in [7, 11) is 0. The highest BCUT2D eigenvalue weighted by molar-refractivity contribution is 6.17. The summed E-state index contributed by atoms with van der Waals surface area (Å²) in [4.78, 5) is 63.7. The second-order valence-electron chi connectivity index (χ2n) is 18.0. The van der Waals surface area contributed by atoms with Gasteiger partial charge in [0.1, 0.15) is 17.6 Å². The van der Waals surface area contributed by atoms with Gasteiger partial charge in [-0.05, 0) is 98.1 Å². The van der Waals surface area contributed by atoms with Gasteiger partial charge in [0, 0.05) is 51.3 Å². The van der Waals surface area contributed by atoms with Gasteiger partial charge in [-0.1, -0.05) is 45.4 Å². The molecular weight excluding hydrogens is 769 g/mol. The zero-order chi connectivity index (χ0) is 43.2. The number of nitrogens with one attached hydrogen (secondary N) is 1. The number of carbonyl (C=O) groups is 5. The second kappa shape index (κ2) is 17.2. The fraction of sp³-hybridized carbons (Fsp3) is 0.574. The quantitative estimate of drug-likeness (QED) is 0.0653. The molecule has 5 aliphatic rings. The molecule has 1 saturated carbocycles. The van der Waals surface area contributed by atoms with Gasteiger partial charge in [-0.15, -0.1) is 5.76 Å². The molecular formula is C47H58N2O11. The number of hydrogen-bond acceptors (Lipinski definition) is 11. The molecule has 0 bridgehead atoms. The van der Waals surface area contributed by atoms with E-state index in [9.17, 15) is 24.0 Å². The van der Waals surface area contributed by atoms with Crippen LogP contribution in [0.5, 0.6) is 11.5 Å². The van der Waals surface area contributed by atoms with E-state index >= 15 is 5.11 Å². The zero-order valence-corrected chi connectivity index (χ0v) is 35.8. The van der Waals surface area contributed by atoms with Crippen molar-refractivity contribution in [2.45, 2.75) is 124 Å². The number of pyridine rings is 1. The molecule has 2 aromatic rings. The molecule has 1 spiro atoms. The van der Waals surface area contributed by atoms with Crippen molar-refractivity contribution < 1.29 is 57.3 Å². The van der Waals surface area contributed by atoms with Crippen LogP contribution in [0, 0.1) is 47.3 Å². The van der Waals surface area contributed by atoms with Crippen molar-refractivity contribution in [3.8, 4) is 11.5 Å². The molecule has 4 heterocycles. The minimum absolute atomic E-state index is 0.00344. The Hall–Kier alpha value is -4.88. The number of allylic oxidation sites excluding steroid dienone is 4. The van der Waals surface area contributed by atoms with Crippen LogP contribution in [0.4, 0.5) is 0 Å². The molecule has 1 aromatic heterocycles. The van der Waals surface area contributed by atoms with Gasteiger partial charge in [0.15, 0.2) is 18.2 Å². The summed E-state index contributed by atoms with van der Waals surface area (Å²) in [6.07, 6.45) is 8.29. The topological polar surface area (TPSA) is 170 Å². The molecule has 4 fully saturated rings. The van der Waals surface area contributed by atoms with Crippen LogP contribution < -0.4 is 24.5 Å². The number of Topliss-reactive ketones (excluding diaryl/α,β-unsaturated/α-hetero) is 1. The van der Waals surface area contributed by atoms with Crippen LogP contribution >= 0.6 is 0 Å². The van der Waals surface area contributed by atoms with Gasteiger partial charge in [-0.3, -0.25) is 24.0 Å². The summed E-state index contributed by atoms with van der Waals surface area (Å²) in [5, 5.41) is 17.9. The van der Waals surface area contributed by atoms with Crippen LogP contribution in [0.1, 0.15) is 112 Å². The van der Waals surface area contributed by atoms with Crippen LogP contribution in [0.2, 0.25) is 0 Å². The third-order valence-electron chi connectivity index (χ3n) is 13.8. The van der Waals surface area contributed by atoms with Crippen molar-refractivity contribution in [1.82, 2.24) is 5.32 Å². The van der Waals surface area contributed by atoms with E-state index in [1.807, 2.05) is 13.8 Å². The Morgan fingerprint density at radius 1 is 0.883 bits per heavy atom. The molecule has 13 heteroatoms. The summed E-state index contributed by atoms with van der Waals surface area (Å²) in [5.74, 6) is -4.89. The Labute approximate surface area is 351 Å². The maximum atomic E-state index is 15.2. The van der Waals surface area contributed by atoms with Crippen LogP contribution in [-0.2, 0) is 38.2 Å². The lowest BCUT2D eigenvalue weighted by atomic mass is 9.56. The molecule has 60 heavy (non-hydrogen) atoms. The average Bonchev–Trinajstić information content (AvgIpc) is 3.48. The molecule has 13 atom stereocenters. The number of aromatic nitrogens is 1. The molecule has 1 aromatic carbocycles. The maximum Gasteiger partial charge on any atom is 0.308 e. The highest BCUT2D eigenvalue weighted by Gasteiger charge is 2.54. The molecule has 0 radical (unpaired) electrons. The van der Waals surface area contributed by atoms with E-state index in [1.54, 1.807) is 42.7 Å². The molecule has 3 aliphatic heterocycles. The summed E-state index contributed by atoms with van der Waals surface area (Å²) in [5.41, 5.74) is 1.51. The first-order valence-electron chi connectivity index (χ1n) is 21.4. The molecule has 322 valence electrons. The summed E-state index contributed by atoms with van der Waals surface area (Å²) < 4.78 is 32.6. The van der Waals surface area contributed by atoms with Crippen molar-refractivity contribution >= 4 is 29.6 Å². The van der Waals surface area contributed by atoms with Gasteiger partial charge in [0.05, 0.1) is 17.9 Å². The minimum atomic E-state index is -1.20. The van der Waals surface area contributed by atoms with Crippen molar-refractivity contribution in [2.75, 3.05) is 0 Å². The Morgan fingerprint density at radius 2 is 1.55 bits per heavy atom. The summed E-state index contributed by atoms with van der Waals surface area (Å²) in [6.45, 7) is 14.5. The summed E-state index contributed by atoms with van der Waals surface area (Å²) in [6, 6.07) is 9.03. The monoisotopic (exact) mass is 826 g/mol. The van der Waals surface area contributed by atoms with Gasteiger partial charge in [0.25, 0.3) is 11.8 Å². The average molecular weight is 827 g/mol. The molecule has 1 N–H and O–H groups in total. The molecule has 1 amide bonds. The largest absolute Gasteiger partial charge is 0.874 e. The van der Waals surface area contributed by atoms with E-state index in [0.29, 0.717) is 31.2 Å². The summed E-state index contributed by atoms with van der Waals surface area (Å²) >= 11 is 0. The Kier molecular flexibility index (Phi) is 12.4. The normalized spacial score (nSPS) is 36.1. The number of ether oxygens (including phenoxy) is 5. The standard InChI is InChI=1S/C47H58N2O11/c1-24-14-15-47(60-45(24)33-20-34(56-29(6)50)22-35(21-33)57-30(7)51)27(4)18-26(3)38(59-47)23-36-25(2)19-32-12-13-37(58-31(8)52)28(5)39(32)40(36)43(53)41-44(54)42(46(55)48-41)49-16-10-9-11-17-49/h9-11,16-17,19-22,24,26-28,32,36-40,42,45H,12-15,18,23H2,1-8H3,(H-,48,53,54,55)/t24-,26-,27-,28+,32+,36-,37-,38+,39+,40+,42?,45-,47+/m1/s1. The number of ketones is 1. The fourth-order valence-corrected chi connectivity index (χ4v) is 11.0. The van der Waals surface area contributed by atoms with Gasteiger partial charge in [-0.2, -0.15) is 4.57 Å². The molecule has 13 nitrogen and oxygen atoms in total. The molecule has 2 aliphatic carbocycles. The smallest absolute Gasteiger partial charge is 0.308 e. The maximum absolute atomic E-state index is 15.2. The van der Waals surface area contributed by atoms with Gasteiger partial charge in [-0.25, -0.2) is 0 Å². The number of esters is 3. The van der Waals surface area contributed by atoms with Gasteiger partial charge in [0.2, 0.25) is 0 Å². The fourth-order valence-electron chi connectivity index (χ4n) is 11.0. The van der Waals surface area contributed by atoms with Crippen LogP contribution in [0.25, 0.3) is 0 Å². The van der Waals surface area contributed by atoms with Crippen molar-refractivity contribution in [3.63, 3.8) is 0 Å². The van der Waals surface area contributed by atoms with E-state index in [4.69, 9.17) is 23.7 Å². The number of nitrogens with zero attached hydrogens (tertiary/aromatic N) is 1. The third-order valence-corrected chi connectivity index (χ3v) is 13.8. The predicted octanol–water partition coefficient (Wildman–Crippen LogP) is 5.76. The van der Waals surface area contributed by atoms with Crippen LogP contribution in [-0.4, -0.2) is 47.6 Å². The van der Waals surface area contributed by atoms with E-state index in [0.717, 1.165) is 18.4 Å². The lowest BCUT2D eigenvalue weighted by Gasteiger charge is -2.55. The first-order valence-corrected chi connectivity index (χ1v) is 21.4. The Balaban J connectivity index is 1.24. The number of amides is 1. The van der Waals surface area contributed by atoms with E-state index < -0.39 is 59.3 Å². The van der Waals surface area contributed by atoms with E-state index in [1.165, 1.54) is 31.4 Å². The van der Waals surface area contributed by atoms with Gasteiger partial charge >= 0.3 is 23.8 Å². The minimum Gasteiger partial charge on any atom is -0.874 e. The predicted molar refractivity (Wildman–Crippen MR) is 214 cm³/mol. The van der Waals surface area contributed by atoms with Crippen molar-refractivity contribution in [3.05, 3.63) is 77.5 Å². The first kappa shape index (κ1) is 43.2. The van der Waals surface area contributed by atoms with E-state index in [-0.39, 0.29) is 70.7 Å². The highest BCUT2D eigenvalue weighted by atomic mass is 16.7. The highest BCUT2D eigenvalue weighted by Crippen LogP contribution is 2.55. The number of fused-ring (bicyclic) bond motifs is 1. The van der Waals surface area contributed by atoms with Crippen LogP contribution in [0.3, 0.4) is 0 Å². The zero-order valence-electron chi connectivity index (χ0n) is 35.8. The Bertz CT molecular complexity index is 2050. The first-order chi connectivity index (χ1) is 28.5. The number of hydrogen-bond donors (Lipinski definition) is 1. The number of rotatable bonds is 8. The molecule has 3 saturated heterocycles. The number of carbonyl (C=O) groups excluding carboxylic acids is 5. The molecule has 7 rings (SSSR count). The van der Waals surface area contributed by atoms with Crippen molar-refractivity contribution in [2.24, 2.45) is 47.3 Å².